The van der Waals surface area contributed by atoms with E-state index < -0.39 is 0 Å². The number of rotatable bonds is 4. The summed E-state index contributed by atoms with van der Waals surface area (Å²) in [6.07, 6.45) is 2.15. The molecule has 0 N–H and O–H groups in total. The second-order valence-corrected chi connectivity index (χ2v) is 8.29. The fourth-order valence-corrected chi connectivity index (χ4v) is 4.86. The third-order valence-corrected chi connectivity index (χ3v) is 6.44. The zero-order valence-corrected chi connectivity index (χ0v) is 16.6. The second-order valence-electron chi connectivity index (χ2n) is 7.27. The van der Waals surface area contributed by atoms with Gasteiger partial charge < -0.3 is 4.90 Å². The highest BCUT2D eigenvalue weighted by molar-refractivity contribution is 7.98. The number of amides is 1. The SMILES string of the molecule is CC1CCC(C)N1C(=O)c1cccc(CSc2cccc3ccccc23)n1. The van der Waals surface area contributed by atoms with Crippen LogP contribution in [0.2, 0.25) is 0 Å². The molecule has 2 aromatic carbocycles. The molecule has 0 bridgehead atoms. The number of benzene rings is 2. The summed E-state index contributed by atoms with van der Waals surface area (Å²) in [6, 6.07) is 21.2. The first kappa shape index (κ1) is 18.1. The van der Waals surface area contributed by atoms with Gasteiger partial charge in [0, 0.05) is 22.7 Å². The minimum atomic E-state index is 0.0597. The second kappa shape index (κ2) is 7.73. The first-order chi connectivity index (χ1) is 13.1. The average Bonchev–Trinajstić information content (AvgIpc) is 3.04. The molecule has 1 amide bonds. The molecule has 1 saturated heterocycles. The van der Waals surface area contributed by atoms with Crippen molar-refractivity contribution in [1.29, 1.82) is 0 Å². The van der Waals surface area contributed by atoms with E-state index in [4.69, 9.17) is 0 Å². The van der Waals surface area contributed by atoms with Crippen LogP contribution in [0.5, 0.6) is 0 Å². The number of likely N-dealkylation sites (tertiary alicyclic amines) is 1. The fraction of sp³-hybridized carbons (Fsp3) is 0.304. The van der Waals surface area contributed by atoms with Crippen LogP contribution in [0.15, 0.2) is 65.6 Å². The minimum absolute atomic E-state index is 0.0597. The lowest BCUT2D eigenvalue weighted by atomic mass is 10.1. The molecule has 138 valence electrons. The molecule has 27 heavy (non-hydrogen) atoms. The maximum absolute atomic E-state index is 12.9. The van der Waals surface area contributed by atoms with Gasteiger partial charge in [0.15, 0.2) is 0 Å². The number of hydrogen-bond donors (Lipinski definition) is 0. The number of thioether (sulfide) groups is 1. The smallest absolute Gasteiger partial charge is 0.272 e. The van der Waals surface area contributed by atoms with E-state index in [0.29, 0.717) is 17.8 Å². The summed E-state index contributed by atoms with van der Waals surface area (Å²) in [5.41, 5.74) is 1.50. The lowest BCUT2D eigenvalue weighted by Crippen LogP contribution is -2.39. The fourth-order valence-electron chi connectivity index (χ4n) is 3.88. The number of pyridine rings is 1. The Morgan fingerprint density at radius 1 is 1.00 bits per heavy atom. The topological polar surface area (TPSA) is 33.2 Å². The predicted molar refractivity (Wildman–Crippen MR) is 112 cm³/mol. The van der Waals surface area contributed by atoms with Gasteiger partial charge in [0.05, 0.1) is 5.69 Å². The van der Waals surface area contributed by atoms with E-state index in [1.807, 2.05) is 23.1 Å². The summed E-state index contributed by atoms with van der Waals surface area (Å²) in [4.78, 5) is 20.8. The number of aromatic nitrogens is 1. The van der Waals surface area contributed by atoms with Crippen molar-refractivity contribution in [2.45, 2.75) is 49.4 Å². The van der Waals surface area contributed by atoms with E-state index in [-0.39, 0.29) is 5.91 Å². The Balaban J connectivity index is 1.52. The molecule has 3 nitrogen and oxygen atoms in total. The van der Waals surface area contributed by atoms with E-state index in [2.05, 4.69) is 61.3 Å². The van der Waals surface area contributed by atoms with E-state index in [0.717, 1.165) is 24.3 Å². The molecule has 2 heterocycles. The van der Waals surface area contributed by atoms with Crippen molar-refractivity contribution in [3.05, 3.63) is 72.1 Å². The number of nitrogens with zero attached hydrogens (tertiary/aromatic N) is 2. The molecule has 4 rings (SSSR count). The molecule has 3 aromatic rings. The largest absolute Gasteiger partial charge is 0.332 e. The third kappa shape index (κ3) is 3.72. The zero-order chi connectivity index (χ0) is 18.8. The van der Waals surface area contributed by atoms with Crippen LogP contribution in [0.25, 0.3) is 10.8 Å². The van der Waals surface area contributed by atoms with Crippen LogP contribution in [0.4, 0.5) is 0 Å². The van der Waals surface area contributed by atoms with Crippen molar-refractivity contribution in [3.8, 4) is 0 Å². The van der Waals surface area contributed by atoms with Crippen molar-refractivity contribution in [2.24, 2.45) is 0 Å². The molecule has 4 heteroatoms. The molecule has 0 spiro atoms. The van der Waals surface area contributed by atoms with E-state index in [1.54, 1.807) is 11.8 Å². The highest BCUT2D eigenvalue weighted by Crippen LogP contribution is 2.30. The van der Waals surface area contributed by atoms with Crippen molar-refractivity contribution in [3.63, 3.8) is 0 Å². The Bertz CT molecular complexity index is 956. The van der Waals surface area contributed by atoms with Gasteiger partial charge in [-0.3, -0.25) is 4.79 Å². The maximum Gasteiger partial charge on any atom is 0.272 e. The average molecular weight is 377 g/mol. The van der Waals surface area contributed by atoms with Crippen LogP contribution in [0, 0.1) is 0 Å². The minimum Gasteiger partial charge on any atom is -0.332 e. The standard InChI is InChI=1S/C23H24N2OS/c1-16-13-14-17(2)25(16)23(26)21-11-6-9-19(24-21)15-27-22-12-5-8-18-7-3-4-10-20(18)22/h3-12,16-17H,13-15H2,1-2H3. The van der Waals surface area contributed by atoms with Crippen molar-refractivity contribution in [1.82, 2.24) is 9.88 Å². The molecule has 1 aliphatic heterocycles. The van der Waals surface area contributed by atoms with Gasteiger partial charge >= 0.3 is 0 Å². The molecular formula is C23H24N2OS. The van der Waals surface area contributed by atoms with Crippen LogP contribution in [-0.2, 0) is 5.75 Å². The molecule has 1 fully saturated rings. The van der Waals surface area contributed by atoms with Crippen LogP contribution in [-0.4, -0.2) is 27.9 Å². The van der Waals surface area contributed by atoms with Gasteiger partial charge in [-0.05, 0) is 55.7 Å². The maximum atomic E-state index is 12.9. The van der Waals surface area contributed by atoms with Crippen molar-refractivity contribution < 1.29 is 4.79 Å². The Morgan fingerprint density at radius 3 is 2.52 bits per heavy atom. The molecule has 2 unspecified atom stereocenters. The molecule has 0 radical (unpaired) electrons. The first-order valence-electron chi connectivity index (χ1n) is 9.52. The van der Waals surface area contributed by atoms with Gasteiger partial charge in [-0.2, -0.15) is 0 Å². The van der Waals surface area contributed by atoms with Gasteiger partial charge in [0.1, 0.15) is 5.69 Å². The summed E-state index contributed by atoms with van der Waals surface area (Å²) in [7, 11) is 0. The summed E-state index contributed by atoms with van der Waals surface area (Å²) in [5.74, 6) is 0.810. The number of carbonyl (C=O) groups excluding carboxylic acids is 1. The molecular weight excluding hydrogens is 352 g/mol. The highest BCUT2D eigenvalue weighted by atomic mass is 32.2. The van der Waals surface area contributed by atoms with E-state index in [9.17, 15) is 4.79 Å². The highest BCUT2D eigenvalue weighted by Gasteiger charge is 2.32. The monoisotopic (exact) mass is 376 g/mol. The molecule has 0 aliphatic carbocycles. The normalized spacial score (nSPS) is 19.6. The number of hydrogen-bond acceptors (Lipinski definition) is 3. The van der Waals surface area contributed by atoms with Gasteiger partial charge in [0.2, 0.25) is 0 Å². The quantitative estimate of drug-likeness (QED) is 0.561. The van der Waals surface area contributed by atoms with Crippen LogP contribution in [0.1, 0.15) is 42.9 Å². The molecule has 1 aromatic heterocycles. The summed E-state index contributed by atoms with van der Waals surface area (Å²) in [5, 5.41) is 2.51. The Hall–Kier alpha value is -2.33. The lowest BCUT2D eigenvalue weighted by Gasteiger charge is -2.26. The van der Waals surface area contributed by atoms with Crippen LogP contribution >= 0.6 is 11.8 Å². The first-order valence-corrected chi connectivity index (χ1v) is 10.5. The van der Waals surface area contributed by atoms with Crippen molar-refractivity contribution >= 4 is 28.4 Å². The van der Waals surface area contributed by atoms with E-state index >= 15 is 0 Å². The van der Waals surface area contributed by atoms with Gasteiger partial charge in [-0.25, -0.2) is 4.98 Å². The van der Waals surface area contributed by atoms with Crippen LogP contribution in [0.3, 0.4) is 0 Å². The van der Waals surface area contributed by atoms with E-state index in [1.165, 1.54) is 15.7 Å². The van der Waals surface area contributed by atoms with Gasteiger partial charge in [-0.1, -0.05) is 42.5 Å². The molecule has 0 saturated carbocycles. The molecule has 1 aliphatic rings. The predicted octanol–water partition coefficient (Wildman–Crippen LogP) is 5.54. The van der Waals surface area contributed by atoms with Gasteiger partial charge in [0.25, 0.3) is 5.91 Å². The summed E-state index contributed by atoms with van der Waals surface area (Å²) in [6.45, 7) is 4.25. The Morgan fingerprint density at radius 2 is 1.70 bits per heavy atom. The summed E-state index contributed by atoms with van der Waals surface area (Å²) < 4.78 is 0. The zero-order valence-electron chi connectivity index (χ0n) is 15.8. The molecule has 2 atom stereocenters. The number of fused-ring (bicyclic) bond motifs is 1. The van der Waals surface area contributed by atoms with Gasteiger partial charge in [-0.15, -0.1) is 11.8 Å². The lowest BCUT2D eigenvalue weighted by molar-refractivity contribution is 0.0686. The number of carbonyl (C=O) groups is 1. The Labute approximate surface area is 164 Å². The summed E-state index contributed by atoms with van der Waals surface area (Å²) >= 11 is 1.77. The third-order valence-electron chi connectivity index (χ3n) is 5.34. The van der Waals surface area contributed by atoms with Crippen molar-refractivity contribution in [2.75, 3.05) is 0 Å². The van der Waals surface area contributed by atoms with Crippen LogP contribution < -0.4 is 0 Å². The Kier molecular flexibility index (Phi) is 5.17.